The zero-order valence-electron chi connectivity index (χ0n) is 12.3. The van der Waals surface area contributed by atoms with Gasteiger partial charge >= 0.3 is 0 Å². The number of nitrogens with one attached hydrogen (secondary N) is 1. The molecule has 0 aromatic heterocycles. The highest BCUT2D eigenvalue weighted by atomic mass is 19.1. The summed E-state index contributed by atoms with van der Waals surface area (Å²) in [5.41, 5.74) is 0.395. The molecule has 2 unspecified atom stereocenters. The lowest BCUT2D eigenvalue weighted by Gasteiger charge is -2.36. The Morgan fingerprint density at radius 3 is 2.90 bits per heavy atom. The molecule has 2 atom stereocenters. The third kappa shape index (κ3) is 3.92. The first-order valence-electron chi connectivity index (χ1n) is 7.54. The molecule has 4 heteroatoms. The Morgan fingerprint density at radius 2 is 2.20 bits per heavy atom. The minimum absolute atomic E-state index is 0.189. The van der Waals surface area contributed by atoms with E-state index in [0.717, 1.165) is 25.6 Å². The zero-order valence-corrected chi connectivity index (χ0v) is 12.3. The molecule has 1 N–H and O–H groups in total. The predicted octanol–water partition coefficient (Wildman–Crippen LogP) is 3.89. The number of hydrogen-bond acceptors (Lipinski definition) is 2. The van der Waals surface area contributed by atoms with Crippen molar-refractivity contribution < 1.29 is 8.78 Å². The fraction of sp³-hybridized carbons (Fsp3) is 0.625. The summed E-state index contributed by atoms with van der Waals surface area (Å²) < 4.78 is 26.6. The minimum atomic E-state index is -0.535. The lowest BCUT2D eigenvalue weighted by molar-refractivity contribution is 0.165. The largest absolute Gasteiger partial charge is 0.380 e. The van der Waals surface area contributed by atoms with Crippen LogP contribution in [-0.2, 0) is 0 Å². The van der Waals surface area contributed by atoms with Crippen LogP contribution in [0.1, 0.15) is 33.1 Å². The second kappa shape index (κ2) is 7.02. The van der Waals surface area contributed by atoms with Gasteiger partial charge in [-0.25, -0.2) is 8.78 Å². The van der Waals surface area contributed by atoms with Gasteiger partial charge in [-0.3, -0.25) is 0 Å². The Hall–Kier alpha value is -1.16. The van der Waals surface area contributed by atoms with E-state index in [-0.39, 0.29) is 6.04 Å². The summed E-state index contributed by atoms with van der Waals surface area (Å²) in [7, 11) is 0. The quantitative estimate of drug-likeness (QED) is 0.881. The summed E-state index contributed by atoms with van der Waals surface area (Å²) >= 11 is 0. The molecule has 112 valence electrons. The van der Waals surface area contributed by atoms with Gasteiger partial charge in [-0.2, -0.15) is 0 Å². The molecule has 0 amide bonds. The first kappa shape index (κ1) is 15.2. The molecule has 1 aromatic carbocycles. The van der Waals surface area contributed by atoms with Crippen molar-refractivity contribution in [3.8, 4) is 0 Å². The summed E-state index contributed by atoms with van der Waals surface area (Å²) in [4.78, 5) is 2.48. The molecule has 0 saturated carbocycles. The van der Waals surface area contributed by atoms with Crippen molar-refractivity contribution in [2.45, 2.75) is 39.2 Å². The van der Waals surface area contributed by atoms with Gasteiger partial charge in [0.2, 0.25) is 0 Å². The highest BCUT2D eigenvalue weighted by molar-refractivity contribution is 5.45. The van der Waals surface area contributed by atoms with Gasteiger partial charge in [0.05, 0.1) is 5.69 Å². The number of likely N-dealkylation sites (tertiary alicyclic amines) is 1. The number of benzene rings is 1. The average molecular weight is 282 g/mol. The number of rotatable bonds is 5. The van der Waals surface area contributed by atoms with E-state index in [1.807, 2.05) is 0 Å². The van der Waals surface area contributed by atoms with Crippen molar-refractivity contribution in [1.82, 2.24) is 4.90 Å². The molecule has 1 aliphatic heterocycles. The average Bonchev–Trinajstić information content (AvgIpc) is 2.42. The van der Waals surface area contributed by atoms with Crippen LogP contribution in [0.4, 0.5) is 14.5 Å². The molecule has 1 heterocycles. The standard InChI is InChI=1S/C16H24F2N2/c1-3-8-20-9-4-5-13(11-20)12(2)19-16-7-6-14(17)10-15(16)18/h6-7,10,12-13,19H,3-5,8-9,11H2,1-2H3. The molecule has 0 aliphatic carbocycles. The van der Waals surface area contributed by atoms with E-state index in [9.17, 15) is 8.78 Å². The zero-order chi connectivity index (χ0) is 14.5. The van der Waals surface area contributed by atoms with Gasteiger partial charge in [0.15, 0.2) is 0 Å². The predicted molar refractivity (Wildman–Crippen MR) is 78.9 cm³/mol. The normalized spacial score (nSPS) is 21.7. The molecule has 0 bridgehead atoms. The van der Waals surface area contributed by atoms with Crippen LogP contribution in [0.25, 0.3) is 0 Å². The number of halogens is 2. The van der Waals surface area contributed by atoms with Crippen molar-refractivity contribution in [2.75, 3.05) is 25.0 Å². The summed E-state index contributed by atoms with van der Waals surface area (Å²) in [5.74, 6) is -0.537. The van der Waals surface area contributed by atoms with Crippen LogP contribution in [0.5, 0.6) is 0 Å². The van der Waals surface area contributed by atoms with Crippen LogP contribution in [0.2, 0.25) is 0 Å². The number of piperidine rings is 1. The van der Waals surface area contributed by atoms with E-state index in [1.165, 1.54) is 31.5 Å². The van der Waals surface area contributed by atoms with Crippen molar-refractivity contribution in [3.63, 3.8) is 0 Å². The van der Waals surface area contributed by atoms with Crippen LogP contribution < -0.4 is 5.32 Å². The van der Waals surface area contributed by atoms with E-state index in [1.54, 1.807) is 0 Å². The fourth-order valence-corrected chi connectivity index (χ4v) is 2.99. The lowest BCUT2D eigenvalue weighted by Crippen LogP contribution is -2.42. The van der Waals surface area contributed by atoms with Crippen LogP contribution >= 0.6 is 0 Å². The molecule has 2 nitrogen and oxygen atoms in total. The van der Waals surface area contributed by atoms with E-state index >= 15 is 0 Å². The number of hydrogen-bond donors (Lipinski definition) is 1. The Morgan fingerprint density at radius 1 is 1.40 bits per heavy atom. The van der Waals surface area contributed by atoms with Crippen molar-refractivity contribution in [2.24, 2.45) is 5.92 Å². The Bertz CT molecular complexity index is 434. The van der Waals surface area contributed by atoms with Crippen molar-refractivity contribution in [3.05, 3.63) is 29.8 Å². The second-order valence-electron chi connectivity index (χ2n) is 5.76. The number of nitrogens with zero attached hydrogens (tertiary/aromatic N) is 1. The molecular weight excluding hydrogens is 258 g/mol. The topological polar surface area (TPSA) is 15.3 Å². The molecule has 20 heavy (non-hydrogen) atoms. The maximum Gasteiger partial charge on any atom is 0.149 e. The van der Waals surface area contributed by atoms with Crippen LogP contribution in [0, 0.1) is 17.6 Å². The molecule has 1 fully saturated rings. The summed E-state index contributed by atoms with van der Waals surface area (Å²) in [6, 6.07) is 3.89. The number of anilines is 1. The van der Waals surface area contributed by atoms with Gasteiger partial charge in [-0.15, -0.1) is 0 Å². The Balaban J connectivity index is 1.95. The van der Waals surface area contributed by atoms with E-state index < -0.39 is 11.6 Å². The molecule has 0 radical (unpaired) electrons. The summed E-state index contributed by atoms with van der Waals surface area (Å²) in [6.45, 7) is 7.64. The molecule has 1 aliphatic rings. The summed E-state index contributed by atoms with van der Waals surface area (Å²) in [6.07, 6.45) is 3.53. The monoisotopic (exact) mass is 282 g/mol. The first-order chi connectivity index (χ1) is 9.60. The van der Waals surface area contributed by atoms with E-state index in [2.05, 4.69) is 24.1 Å². The maximum absolute atomic E-state index is 13.7. The fourth-order valence-electron chi connectivity index (χ4n) is 2.99. The molecular formula is C16H24F2N2. The minimum Gasteiger partial charge on any atom is -0.380 e. The SMILES string of the molecule is CCCN1CCCC(C(C)Nc2ccc(F)cc2F)C1. The highest BCUT2D eigenvalue weighted by Gasteiger charge is 2.24. The van der Waals surface area contributed by atoms with Gasteiger partial charge in [-0.1, -0.05) is 6.92 Å². The highest BCUT2D eigenvalue weighted by Crippen LogP contribution is 2.24. The van der Waals surface area contributed by atoms with E-state index in [4.69, 9.17) is 0 Å². The molecule has 2 rings (SSSR count). The first-order valence-corrected chi connectivity index (χ1v) is 7.54. The van der Waals surface area contributed by atoms with Gasteiger partial charge in [0, 0.05) is 18.7 Å². The van der Waals surface area contributed by atoms with Gasteiger partial charge < -0.3 is 10.2 Å². The smallest absolute Gasteiger partial charge is 0.149 e. The van der Waals surface area contributed by atoms with Crippen LogP contribution in [-0.4, -0.2) is 30.6 Å². The van der Waals surface area contributed by atoms with Crippen molar-refractivity contribution in [1.29, 1.82) is 0 Å². The van der Waals surface area contributed by atoms with Crippen LogP contribution in [0.3, 0.4) is 0 Å². The Kier molecular flexibility index (Phi) is 5.35. The summed E-state index contributed by atoms with van der Waals surface area (Å²) in [5, 5.41) is 3.20. The van der Waals surface area contributed by atoms with Crippen LogP contribution in [0.15, 0.2) is 18.2 Å². The van der Waals surface area contributed by atoms with Crippen molar-refractivity contribution >= 4 is 5.69 Å². The maximum atomic E-state index is 13.7. The van der Waals surface area contributed by atoms with Gasteiger partial charge in [-0.05, 0) is 57.3 Å². The molecule has 0 spiro atoms. The molecule has 1 aromatic rings. The molecule has 1 saturated heterocycles. The second-order valence-corrected chi connectivity index (χ2v) is 5.76. The van der Waals surface area contributed by atoms with E-state index in [0.29, 0.717) is 11.6 Å². The lowest BCUT2D eigenvalue weighted by atomic mass is 9.91. The Labute approximate surface area is 120 Å². The van der Waals surface area contributed by atoms with Gasteiger partial charge in [0.25, 0.3) is 0 Å². The third-order valence-corrected chi connectivity index (χ3v) is 4.10. The third-order valence-electron chi connectivity index (χ3n) is 4.10. The van der Waals surface area contributed by atoms with Gasteiger partial charge in [0.1, 0.15) is 11.6 Å².